The van der Waals surface area contributed by atoms with Gasteiger partial charge in [-0.05, 0) is 25.5 Å². The van der Waals surface area contributed by atoms with Gasteiger partial charge in [0.25, 0.3) is 0 Å². The van der Waals surface area contributed by atoms with E-state index in [1.165, 1.54) is 6.07 Å². The molecule has 0 heterocycles. The highest BCUT2D eigenvalue weighted by atomic mass is 16.6. The number of ether oxygens (including phenoxy) is 1. The van der Waals surface area contributed by atoms with Crippen LogP contribution in [0, 0.1) is 16.0 Å². The van der Waals surface area contributed by atoms with Crippen molar-refractivity contribution in [3.63, 3.8) is 0 Å². The van der Waals surface area contributed by atoms with Crippen LogP contribution in [0.15, 0.2) is 18.2 Å². The van der Waals surface area contributed by atoms with Gasteiger partial charge in [0.2, 0.25) is 0 Å². The fraction of sp³-hybridized carbons (Fsp3) is 0.462. The van der Waals surface area contributed by atoms with Crippen LogP contribution in [0.1, 0.15) is 20.3 Å². The molecule has 1 atom stereocenters. The molecule has 0 aliphatic carbocycles. The van der Waals surface area contributed by atoms with Gasteiger partial charge in [0, 0.05) is 6.54 Å². The highest BCUT2D eigenvalue weighted by Crippen LogP contribution is 2.34. The van der Waals surface area contributed by atoms with Gasteiger partial charge < -0.3 is 15.2 Å². The summed E-state index contributed by atoms with van der Waals surface area (Å²) in [5.41, 5.74) is 0.205. The Morgan fingerprint density at radius 2 is 2.25 bits per heavy atom. The Morgan fingerprint density at radius 1 is 1.55 bits per heavy atom. The second-order valence-electron chi connectivity index (χ2n) is 4.30. The molecule has 2 N–H and O–H groups in total. The van der Waals surface area contributed by atoms with Gasteiger partial charge in [0.05, 0.1) is 17.4 Å². The number of benzene rings is 1. The molecule has 20 heavy (non-hydrogen) atoms. The van der Waals surface area contributed by atoms with Crippen molar-refractivity contribution in [2.45, 2.75) is 20.3 Å². The number of para-hydroxylation sites is 1. The SMILES string of the molecule is CCOc1cccc(NCCC(C)C(=O)O)c1[N+](=O)[O-]. The first kappa shape index (κ1) is 15.7. The van der Waals surface area contributed by atoms with E-state index in [1.54, 1.807) is 26.0 Å². The van der Waals surface area contributed by atoms with E-state index in [9.17, 15) is 14.9 Å². The highest BCUT2D eigenvalue weighted by Gasteiger charge is 2.21. The van der Waals surface area contributed by atoms with E-state index < -0.39 is 16.8 Å². The third-order valence-corrected chi connectivity index (χ3v) is 2.80. The lowest BCUT2D eigenvalue weighted by Gasteiger charge is -2.11. The van der Waals surface area contributed by atoms with Gasteiger partial charge in [0.1, 0.15) is 5.69 Å². The van der Waals surface area contributed by atoms with Gasteiger partial charge in [-0.3, -0.25) is 14.9 Å². The Labute approximate surface area is 116 Å². The molecule has 0 saturated carbocycles. The average molecular weight is 282 g/mol. The normalized spacial score (nSPS) is 11.7. The summed E-state index contributed by atoms with van der Waals surface area (Å²) in [5, 5.41) is 22.8. The number of nitro benzene ring substituents is 1. The second-order valence-corrected chi connectivity index (χ2v) is 4.30. The Kier molecular flexibility index (Phi) is 5.76. The maximum atomic E-state index is 11.1. The molecule has 0 fully saturated rings. The monoisotopic (exact) mass is 282 g/mol. The van der Waals surface area contributed by atoms with E-state index in [2.05, 4.69) is 5.32 Å². The molecule has 1 unspecified atom stereocenters. The maximum absolute atomic E-state index is 11.1. The second kappa shape index (κ2) is 7.32. The van der Waals surface area contributed by atoms with Crippen LogP contribution < -0.4 is 10.1 Å². The third-order valence-electron chi connectivity index (χ3n) is 2.80. The van der Waals surface area contributed by atoms with Crippen molar-refractivity contribution in [3.05, 3.63) is 28.3 Å². The lowest BCUT2D eigenvalue weighted by molar-refractivity contribution is -0.384. The van der Waals surface area contributed by atoms with E-state index in [-0.39, 0.29) is 11.4 Å². The van der Waals surface area contributed by atoms with E-state index in [4.69, 9.17) is 9.84 Å². The molecule has 7 nitrogen and oxygen atoms in total. The van der Waals surface area contributed by atoms with Crippen molar-refractivity contribution in [1.82, 2.24) is 0 Å². The predicted molar refractivity (Wildman–Crippen MR) is 74.2 cm³/mol. The van der Waals surface area contributed by atoms with Gasteiger partial charge in [-0.15, -0.1) is 0 Å². The molecule has 0 saturated heterocycles. The van der Waals surface area contributed by atoms with Crippen LogP contribution in [0.2, 0.25) is 0 Å². The lowest BCUT2D eigenvalue weighted by Crippen LogP contribution is -2.15. The molecule has 1 aromatic rings. The fourth-order valence-electron chi connectivity index (χ4n) is 1.67. The topological polar surface area (TPSA) is 102 Å². The number of hydrogen-bond donors (Lipinski definition) is 2. The molecular formula is C13H18N2O5. The molecule has 0 amide bonds. The quantitative estimate of drug-likeness (QED) is 0.561. The number of nitrogens with zero attached hydrogens (tertiary/aromatic N) is 1. The number of nitrogens with one attached hydrogen (secondary N) is 1. The summed E-state index contributed by atoms with van der Waals surface area (Å²) in [6, 6.07) is 4.76. The van der Waals surface area contributed by atoms with Crippen LogP contribution >= 0.6 is 0 Å². The molecule has 1 aromatic carbocycles. The summed E-state index contributed by atoms with van der Waals surface area (Å²) in [7, 11) is 0. The van der Waals surface area contributed by atoms with E-state index in [1.807, 2.05) is 0 Å². The molecule has 1 rings (SSSR count). The largest absolute Gasteiger partial charge is 0.487 e. The molecule has 0 aliphatic heterocycles. The molecule has 110 valence electrons. The van der Waals surface area contributed by atoms with E-state index in [0.717, 1.165) is 0 Å². The Balaban J connectivity index is 2.81. The fourth-order valence-corrected chi connectivity index (χ4v) is 1.67. The van der Waals surface area contributed by atoms with Gasteiger partial charge in [-0.2, -0.15) is 0 Å². The number of anilines is 1. The minimum absolute atomic E-state index is 0.127. The smallest absolute Gasteiger partial charge is 0.333 e. The Hall–Kier alpha value is -2.31. The molecule has 0 radical (unpaired) electrons. The first-order valence-electron chi connectivity index (χ1n) is 6.34. The van der Waals surface area contributed by atoms with Crippen LogP contribution in [0.3, 0.4) is 0 Å². The zero-order valence-electron chi connectivity index (χ0n) is 11.5. The van der Waals surface area contributed by atoms with Crippen molar-refractivity contribution >= 4 is 17.3 Å². The van der Waals surface area contributed by atoms with Crippen LogP contribution in [-0.2, 0) is 4.79 Å². The minimum Gasteiger partial charge on any atom is -0.487 e. The van der Waals surface area contributed by atoms with Crippen molar-refractivity contribution in [2.75, 3.05) is 18.5 Å². The third kappa shape index (κ3) is 4.11. The lowest BCUT2D eigenvalue weighted by atomic mass is 10.1. The van der Waals surface area contributed by atoms with Gasteiger partial charge in [0.15, 0.2) is 5.75 Å². The first-order valence-corrected chi connectivity index (χ1v) is 6.34. The summed E-state index contributed by atoms with van der Waals surface area (Å²) in [5.74, 6) is -1.19. The molecule has 0 aromatic heterocycles. The first-order chi connectivity index (χ1) is 9.47. The molecule has 0 aliphatic rings. The molecular weight excluding hydrogens is 264 g/mol. The van der Waals surface area contributed by atoms with Crippen molar-refractivity contribution in [3.8, 4) is 5.75 Å². The van der Waals surface area contributed by atoms with Gasteiger partial charge in [-0.1, -0.05) is 13.0 Å². The summed E-state index contributed by atoms with van der Waals surface area (Å²) >= 11 is 0. The maximum Gasteiger partial charge on any atom is 0.333 e. The number of aliphatic carboxylic acids is 1. The molecule has 0 bridgehead atoms. The van der Waals surface area contributed by atoms with Crippen LogP contribution in [0.5, 0.6) is 5.75 Å². The molecule has 0 spiro atoms. The predicted octanol–water partition coefficient (Wildman–Crippen LogP) is 2.52. The van der Waals surface area contributed by atoms with Crippen molar-refractivity contribution in [2.24, 2.45) is 5.92 Å². The number of rotatable bonds is 8. The highest BCUT2D eigenvalue weighted by molar-refractivity contribution is 5.70. The van der Waals surface area contributed by atoms with Crippen LogP contribution in [0.25, 0.3) is 0 Å². The van der Waals surface area contributed by atoms with Gasteiger partial charge >= 0.3 is 11.7 Å². The average Bonchev–Trinajstić information content (AvgIpc) is 2.38. The Morgan fingerprint density at radius 3 is 2.80 bits per heavy atom. The Bertz CT molecular complexity index is 490. The van der Waals surface area contributed by atoms with Crippen molar-refractivity contribution < 1.29 is 19.6 Å². The van der Waals surface area contributed by atoms with Gasteiger partial charge in [-0.25, -0.2) is 0 Å². The number of carboxylic acid groups (broad SMARTS) is 1. The zero-order chi connectivity index (χ0) is 15.1. The van der Waals surface area contributed by atoms with Crippen LogP contribution in [-0.4, -0.2) is 29.2 Å². The molecule has 7 heteroatoms. The number of hydrogen-bond acceptors (Lipinski definition) is 5. The number of carbonyl (C=O) groups is 1. The summed E-state index contributed by atoms with van der Waals surface area (Å²) in [6.45, 7) is 4.01. The van der Waals surface area contributed by atoms with E-state index in [0.29, 0.717) is 25.3 Å². The summed E-state index contributed by atoms with van der Waals surface area (Å²) in [6.07, 6.45) is 0.380. The number of nitro groups is 1. The van der Waals surface area contributed by atoms with E-state index >= 15 is 0 Å². The van der Waals surface area contributed by atoms with Crippen LogP contribution in [0.4, 0.5) is 11.4 Å². The number of carboxylic acids is 1. The summed E-state index contributed by atoms with van der Waals surface area (Å²) in [4.78, 5) is 21.3. The summed E-state index contributed by atoms with van der Waals surface area (Å²) < 4.78 is 5.23. The van der Waals surface area contributed by atoms with Crippen molar-refractivity contribution in [1.29, 1.82) is 0 Å². The zero-order valence-corrected chi connectivity index (χ0v) is 11.5. The standard InChI is InChI=1S/C13H18N2O5/c1-3-20-11-6-4-5-10(12(11)15(18)19)14-8-7-9(2)13(16)17/h4-6,9,14H,3,7-8H2,1-2H3,(H,16,17). The minimum atomic E-state index is -0.885.